The third-order valence-corrected chi connectivity index (χ3v) is 4.72. The zero-order valence-electron chi connectivity index (χ0n) is 16.1. The number of aromatic nitrogens is 1. The number of carbonyl (C=O) groups excluding carboxylic acids is 1. The second kappa shape index (κ2) is 7.96. The molecule has 3 aromatic carbocycles. The molecule has 0 aliphatic heterocycles. The van der Waals surface area contributed by atoms with E-state index in [4.69, 9.17) is 25.5 Å². The normalized spacial score (nSPS) is 10.8. The summed E-state index contributed by atoms with van der Waals surface area (Å²) in [5, 5.41) is 13.7. The Morgan fingerprint density at radius 2 is 1.83 bits per heavy atom. The van der Waals surface area contributed by atoms with Crippen molar-refractivity contribution in [1.82, 2.24) is 4.98 Å². The van der Waals surface area contributed by atoms with Crippen molar-refractivity contribution in [3.8, 4) is 28.7 Å². The number of halogens is 1. The molecule has 1 amide bonds. The lowest BCUT2D eigenvalue weighted by molar-refractivity contribution is 0.102. The number of anilines is 1. The number of nitrogens with one attached hydrogen (secondary N) is 1. The summed E-state index contributed by atoms with van der Waals surface area (Å²) in [5.41, 5.74) is 2.33. The van der Waals surface area contributed by atoms with Crippen LogP contribution in [0.25, 0.3) is 22.6 Å². The number of hydrogen-bond acceptors (Lipinski definition) is 6. The molecule has 0 aliphatic rings. The summed E-state index contributed by atoms with van der Waals surface area (Å²) in [6.07, 6.45) is 0. The van der Waals surface area contributed by atoms with E-state index in [0.29, 0.717) is 44.4 Å². The molecule has 0 unspecified atom stereocenters. The summed E-state index contributed by atoms with van der Waals surface area (Å²) in [5.74, 6) is 0.773. The number of hydrogen-bond donors (Lipinski definition) is 2. The summed E-state index contributed by atoms with van der Waals surface area (Å²) in [6.45, 7) is 0. The summed E-state index contributed by atoms with van der Waals surface area (Å²) < 4.78 is 16.1. The molecule has 0 saturated heterocycles. The smallest absolute Gasteiger partial charge is 0.255 e. The lowest BCUT2D eigenvalue weighted by Gasteiger charge is -2.10. The number of phenolic OH excluding ortho intramolecular Hbond substituents is 1. The van der Waals surface area contributed by atoms with Crippen LogP contribution in [0.1, 0.15) is 10.4 Å². The first-order valence-corrected chi connectivity index (χ1v) is 9.29. The highest BCUT2D eigenvalue weighted by molar-refractivity contribution is 6.31. The minimum Gasteiger partial charge on any atom is -0.507 e. The minimum absolute atomic E-state index is 0.0854. The Bertz CT molecular complexity index is 1250. The molecule has 0 saturated carbocycles. The number of methoxy groups -OCH3 is 2. The van der Waals surface area contributed by atoms with Crippen LogP contribution in [0.5, 0.6) is 17.2 Å². The van der Waals surface area contributed by atoms with Crippen LogP contribution in [0.15, 0.2) is 59.0 Å². The standard InChI is InChI=1S/C22H17ClN2O5/c1-28-19-7-3-12(9-20(19)29-2)21(27)24-14-5-6-15(17(26)11-14)22-25-16-10-13(23)4-8-18(16)30-22/h3-11,26H,1-2H3,(H,24,27). The molecule has 7 nitrogen and oxygen atoms in total. The van der Waals surface area contributed by atoms with Crippen molar-refractivity contribution in [1.29, 1.82) is 0 Å². The van der Waals surface area contributed by atoms with Gasteiger partial charge < -0.3 is 24.3 Å². The number of oxazole rings is 1. The van der Waals surface area contributed by atoms with Gasteiger partial charge >= 0.3 is 0 Å². The van der Waals surface area contributed by atoms with E-state index in [2.05, 4.69) is 10.3 Å². The maximum absolute atomic E-state index is 12.6. The van der Waals surface area contributed by atoms with Gasteiger partial charge in [0.15, 0.2) is 17.1 Å². The van der Waals surface area contributed by atoms with Gasteiger partial charge in [0, 0.05) is 22.3 Å². The molecule has 0 radical (unpaired) electrons. The number of nitrogens with zero attached hydrogens (tertiary/aromatic N) is 1. The fourth-order valence-electron chi connectivity index (χ4n) is 2.99. The first-order chi connectivity index (χ1) is 14.5. The van der Waals surface area contributed by atoms with Crippen LogP contribution in [0.4, 0.5) is 5.69 Å². The first kappa shape index (κ1) is 19.6. The number of ether oxygens (including phenoxy) is 2. The second-order valence-corrected chi connectivity index (χ2v) is 6.82. The Morgan fingerprint density at radius 3 is 2.57 bits per heavy atom. The fourth-order valence-corrected chi connectivity index (χ4v) is 3.15. The molecular formula is C22H17ClN2O5. The molecule has 4 aromatic rings. The Hall–Kier alpha value is -3.71. The lowest BCUT2D eigenvalue weighted by Crippen LogP contribution is -2.12. The molecule has 0 spiro atoms. The third-order valence-electron chi connectivity index (χ3n) is 4.48. The van der Waals surface area contributed by atoms with Gasteiger partial charge in [-0.1, -0.05) is 11.6 Å². The SMILES string of the molecule is COc1ccc(C(=O)Nc2ccc(-c3nc4cc(Cl)ccc4o3)c(O)c2)cc1OC. The van der Waals surface area contributed by atoms with Gasteiger partial charge in [0.2, 0.25) is 5.89 Å². The van der Waals surface area contributed by atoms with E-state index in [1.807, 2.05) is 0 Å². The monoisotopic (exact) mass is 424 g/mol. The second-order valence-electron chi connectivity index (χ2n) is 6.39. The number of benzene rings is 3. The molecule has 0 atom stereocenters. The van der Waals surface area contributed by atoms with E-state index in [1.54, 1.807) is 48.5 Å². The number of carbonyl (C=O) groups is 1. The first-order valence-electron chi connectivity index (χ1n) is 8.91. The van der Waals surface area contributed by atoms with Crippen LogP contribution in [-0.2, 0) is 0 Å². The van der Waals surface area contributed by atoms with Gasteiger partial charge in [-0.25, -0.2) is 4.98 Å². The minimum atomic E-state index is -0.361. The van der Waals surface area contributed by atoms with E-state index in [-0.39, 0.29) is 17.5 Å². The average Bonchev–Trinajstić information content (AvgIpc) is 3.16. The number of rotatable bonds is 5. The van der Waals surface area contributed by atoms with E-state index in [1.165, 1.54) is 20.3 Å². The highest BCUT2D eigenvalue weighted by atomic mass is 35.5. The number of aromatic hydroxyl groups is 1. The molecule has 0 bridgehead atoms. The summed E-state index contributed by atoms with van der Waals surface area (Å²) in [4.78, 5) is 16.9. The van der Waals surface area contributed by atoms with E-state index >= 15 is 0 Å². The van der Waals surface area contributed by atoms with Crippen LogP contribution in [-0.4, -0.2) is 30.2 Å². The van der Waals surface area contributed by atoms with Gasteiger partial charge in [0.1, 0.15) is 11.3 Å². The molecule has 0 aliphatic carbocycles. The van der Waals surface area contributed by atoms with Gasteiger partial charge in [-0.3, -0.25) is 4.79 Å². The van der Waals surface area contributed by atoms with Crippen molar-refractivity contribution >= 4 is 34.3 Å². The summed E-state index contributed by atoms with van der Waals surface area (Å²) in [7, 11) is 3.02. The van der Waals surface area contributed by atoms with Gasteiger partial charge in [-0.2, -0.15) is 0 Å². The number of amides is 1. The third kappa shape index (κ3) is 3.75. The molecular weight excluding hydrogens is 408 g/mol. The van der Waals surface area contributed by atoms with Crippen LogP contribution < -0.4 is 14.8 Å². The Labute approximate surface area is 176 Å². The molecule has 30 heavy (non-hydrogen) atoms. The molecule has 4 rings (SSSR count). The molecule has 152 valence electrons. The van der Waals surface area contributed by atoms with Gasteiger partial charge in [0.05, 0.1) is 19.8 Å². The molecule has 1 aromatic heterocycles. The largest absolute Gasteiger partial charge is 0.507 e. The van der Waals surface area contributed by atoms with Gasteiger partial charge in [-0.05, 0) is 48.5 Å². The zero-order chi connectivity index (χ0) is 21.3. The fraction of sp³-hybridized carbons (Fsp3) is 0.0909. The highest BCUT2D eigenvalue weighted by Gasteiger charge is 2.15. The Morgan fingerprint density at radius 1 is 1.03 bits per heavy atom. The lowest BCUT2D eigenvalue weighted by atomic mass is 10.1. The predicted molar refractivity (Wildman–Crippen MR) is 114 cm³/mol. The highest BCUT2D eigenvalue weighted by Crippen LogP contribution is 2.34. The van der Waals surface area contributed by atoms with Crippen molar-refractivity contribution in [3.63, 3.8) is 0 Å². The molecule has 1 heterocycles. The van der Waals surface area contributed by atoms with Crippen LogP contribution in [0.2, 0.25) is 5.02 Å². The van der Waals surface area contributed by atoms with Crippen LogP contribution in [0.3, 0.4) is 0 Å². The van der Waals surface area contributed by atoms with Crippen LogP contribution in [0, 0.1) is 0 Å². The van der Waals surface area contributed by atoms with Gasteiger partial charge in [0.25, 0.3) is 5.91 Å². The zero-order valence-corrected chi connectivity index (χ0v) is 16.9. The van der Waals surface area contributed by atoms with Crippen molar-refractivity contribution in [3.05, 3.63) is 65.2 Å². The van der Waals surface area contributed by atoms with Crippen molar-refractivity contribution in [2.75, 3.05) is 19.5 Å². The molecule has 2 N–H and O–H groups in total. The predicted octanol–water partition coefficient (Wildman–Crippen LogP) is 5.12. The van der Waals surface area contributed by atoms with E-state index in [9.17, 15) is 9.90 Å². The van der Waals surface area contributed by atoms with Gasteiger partial charge in [-0.15, -0.1) is 0 Å². The topological polar surface area (TPSA) is 93.8 Å². The average molecular weight is 425 g/mol. The number of phenols is 1. The maximum atomic E-state index is 12.6. The summed E-state index contributed by atoms with van der Waals surface area (Å²) in [6, 6.07) is 14.6. The van der Waals surface area contributed by atoms with Crippen LogP contribution >= 0.6 is 11.6 Å². The molecule has 8 heteroatoms. The van der Waals surface area contributed by atoms with E-state index in [0.717, 1.165) is 0 Å². The Balaban J connectivity index is 1.57. The van der Waals surface area contributed by atoms with Crippen molar-refractivity contribution < 1.29 is 23.8 Å². The van der Waals surface area contributed by atoms with Crippen molar-refractivity contribution in [2.24, 2.45) is 0 Å². The Kier molecular flexibility index (Phi) is 5.20. The molecule has 0 fully saturated rings. The quantitative estimate of drug-likeness (QED) is 0.461. The number of fused-ring (bicyclic) bond motifs is 1. The van der Waals surface area contributed by atoms with E-state index < -0.39 is 0 Å². The van der Waals surface area contributed by atoms with Crippen molar-refractivity contribution in [2.45, 2.75) is 0 Å². The maximum Gasteiger partial charge on any atom is 0.255 e. The summed E-state index contributed by atoms with van der Waals surface area (Å²) >= 11 is 5.97.